The second-order valence-electron chi connectivity index (χ2n) is 7.35. The zero-order chi connectivity index (χ0) is 23.1. The quantitative estimate of drug-likeness (QED) is 0.588. The van der Waals surface area contributed by atoms with Gasteiger partial charge in [0.2, 0.25) is 15.9 Å². The Morgan fingerprint density at radius 3 is 2.38 bits per heavy atom. The summed E-state index contributed by atoms with van der Waals surface area (Å²) in [4.78, 5) is 23.7. The zero-order valence-corrected chi connectivity index (χ0v) is 18.6. The second kappa shape index (κ2) is 10.5. The predicted octanol–water partition coefficient (Wildman–Crippen LogP) is 1.99. The molecule has 1 heterocycles. The number of nitrogens with one attached hydrogen (secondary N) is 1. The van der Waals surface area contributed by atoms with Crippen LogP contribution in [0.5, 0.6) is 11.5 Å². The molecule has 2 aromatic rings. The Kier molecular flexibility index (Phi) is 7.70. The Bertz CT molecular complexity index is 1050. The molecule has 0 saturated carbocycles. The molecule has 0 aromatic heterocycles. The molecule has 3 N–H and O–H groups in total. The van der Waals surface area contributed by atoms with Crippen LogP contribution < -0.4 is 20.5 Å². The van der Waals surface area contributed by atoms with Crippen LogP contribution in [-0.4, -0.2) is 50.8 Å². The Balaban J connectivity index is 1.56. The SMILES string of the molecule is CCOc1ccc(S(=O)(=O)N2CCC(C(=O)Nc3cccc(OCC(N)=O)c3)CC2)cc1. The molecule has 1 aliphatic rings. The van der Waals surface area contributed by atoms with Crippen molar-refractivity contribution in [3.63, 3.8) is 0 Å². The van der Waals surface area contributed by atoms with Crippen molar-refractivity contribution in [2.75, 3.05) is 31.6 Å². The van der Waals surface area contributed by atoms with Gasteiger partial charge in [0.25, 0.3) is 5.91 Å². The van der Waals surface area contributed by atoms with Gasteiger partial charge in [-0.2, -0.15) is 4.31 Å². The number of benzene rings is 2. The lowest BCUT2D eigenvalue weighted by Gasteiger charge is -2.30. The molecule has 2 aromatic carbocycles. The maximum absolute atomic E-state index is 12.9. The Hall–Kier alpha value is -3.11. The van der Waals surface area contributed by atoms with Gasteiger partial charge in [-0.25, -0.2) is 8.42 Å². The molecule has 0 spiro atoms. The average molecular weight is 462 g/mol. The monoisotopic (exact) mass is 461 g/mol. The molecular weight excluding hydrogens is 434 g/mol. The fourth-order valence-corrected chi connectivity index (χ4v) is 4.91. The summed E-state index contributed by atoms with van der Waals surface area (Å²) < 4.78 is 37.8. The molecule has 3 rings (SSSR count). The molecule has 2 amide bonds. The van der Waals surface area contributed by atoms with Gasteiger partial charge in [-0.1, -0.05) is 6.07 Å². The standard InChI is InChI=1S/C22H27N3O6S/c1-2-30-18-6-8-20(9-7-18)32(28,29)25-12-10-16(11-13-25)22(27)24-17-4-3-5-19(14-17)31-15-21(23)26/h3-9,14,16H,2,10-13,15H2,1H3,(H2,23,26)(H,24,27). The van der Waals surface area contributed by atoms with Crippen LogP contribution in [0.4, 0.5) is 5.69 Å². The molecule has 1 aliphatic heterocycles. The summed E-state index contributed by atoms with van der Waals surface area (Å²) in [5, 5.41) is 2.83. The number of hydrogen-bond acceptors (Lipinski definition) is 6. The van der Waals surface area contributed by atoms with E-state index in [2.05, 4.69) is 5.32 Å². The van der Waals surface area contributed by atoms with Gasteiger partial charge in [-0.15, -0.1) is 0 Å². The molecule has 172 valence electrons. The van der Waals surface area contributed by atoms with Gasteiger partial charge in [0.05, 0.1) is 11.5 Å². The first kappa shape index (κ1) is 23.6. The fourth-order valence-electron chi connectivity index (χ4n) is 3.44. The van der Waals surface area contributed by atoms with Crippen molar-refractivity contribution in [2.24, 2.45) is 11.7 Å². The number of nitrogens with zero attached hydrogens (tertiary/aromatic N) is 1. The van der Waals surface area contributed by atoms with Gasteiger partial charge in [-0.05, 0) is 56.2 Å². The van der Waals surface area contributed by atoms with Crippen molar-refractivity contribution in [3.05, 3.63) is 48.5 Å². The molecule has 0 aliphatic carbocycles. The lowest BCUT2D eigenvalue weighted by atomic mass is 9.97. The summed E-state index contributed by atoms with van der Waals surface area (Å²) in [7, 11) is -3.63. The van der Waals surface area contributed by atoms with Gasteiger partial charge in [0.15, 0.2) is 6.61 Å². The van der Waals surface area contributed by atoms with E-state index in [9.17, 15) is 18.0 Å². The molecule has 0 atom stereocenters. The van der Waals surface area contributed by atoms with E-state index in [4.69, 9.17) is 15.2 Å². The summed E-state index contributed by atoms with van der Waals surface area (Å²) in [6.45, 7) is 2.63. The van der Waals surface area contributed by atoms with Crippen LogP contribution in [0.1, 0.15) is 19.8 Å². The van der Waals surface area contributed by atoms with Crippen LogP contribution in [0.2, 0.25) is 0 Å². The highest BCUT2D eigenvalue weighted by Crippen LogP contribution is 2.26. The van der Waals surface area contributed by atoms with E-state index < -0.39 is 15.9 Å². The van der Waals surface area contributed by atoms with E-state index in [-0.39, 0.29) is 36.4 Å². The lowest BCUT2D eigenvalue weighted by Crippen LogP contribution is -2.41. The van der Waals surface area contributed by atoms with Crippen LogP contribution in [0.15, 0.2) is 53.4 Å². The molecule has 0 bridgehead atoms. The molecule has 0 radical (unpaired) electrons. The fraction of sp³-hybridized carbons (Fsp3) is 0.364. The number of nitrogens with two attached hydrogens (primary N) is 1. The second-order valence-corrected chi connectivity index (χ2v) is 9.29. The Morgan fingerprint density at radius 2 is 1.75 bits per heavy atom. The van der Waals surface area contributed by atoms with E-state index in [1.165, 1.54) is 16.4 Å². The maximum atomic E-state index is 12.9. The number of primary amides is 1. The lowest BCUT2D eigenvalue weighted by molar-refractivity contribution is -0.121. The minimum atomic E-state index is -3.63. The van der Waals surface area contributed by atoms with Crippen LogP contribution in [0, 0.1) is 5.92 Å². The van der Waals surface area contributed by atoms with Crippen molar-refractivity contribution in [1.29, 1.82) is 0 Å². The van der Waals surface area contributed by atoms with Crippen molar-refractivity contribution in [1.82, 2.24) is 4.31 Å². The number of rotatable bonds is 9. The average Bonchev–Trinajstić information content (AvgIpc) is 2.78. The normalized spacial score (nSPS) is 15.2. The predicted molar refractivity (Wildman–Crippen MR) is 119 cm³/mol. The largest absolute Gasteiger partial charge is 0.494 e. The molecule has 32 heavy (non-hydrogen) atoms. The highest BCUT2D eigenvalue weighted by atomic mass is 32.2. The first-order valence-corrected chi connectivity index (χ1v) is 11.8. The third-order valence-corrected chi connectivity index (χ3v) is 6.99. The molecule has 1 saturated heterocycles. The van der Waals surface area contributed by atoms with Crippen LogP contribution in [0.3, 0.4) is 0 Å². The zero-order valence-electron chi connectivity index (χ0n) is 17.8. The number of hydrogen-bond donors (Lipinski definition) is 2. The van der Waals surface area contributed by atoms with Crippen molar-refractivity contribution < 1.29 is 27.5 Å². The van der Waals surface area contributed by atoms with Crippen molar-refractivity contribution in [2.45, 2.75) is 24.7 Å². The van der Waals surface area contributed by atoms with E-state index in [0.717, 1.165) is 0 Å². The molecule has 9 nitrogen and oxygen atoms in total. The van der Waals surface area contributed by atoms with Gasteiger partial charge < -0.3 is 20.5 Å². The van der Waals surface area contributed by atoms with Gasteiger partial charge in [0.1, 0.15) is 11.5 Å². The molecule has 10 heteroatoms. The first-order valence-electron chi connectivity index (χ1n) is 10.3. The van der Waals surface area contributed by atoms with Crippen LogP contribution in [-0.2, 0) is 19.6 Å². The number of ether oxygens (including phenoxy) is 2. The van der Waals surface area contributed by atoms with E-state index in [0.29, 0.717) is 36.6 Å². The highest BCUT2D eigenvalue weighted by molar-refractivity contribution is 7.89. The minimum Gasteiger partial charge on any atom is -0.494 e. The van der Waals surface area contributed by atoms with Gasteiger partial charge >= 0.3 is 0 Å². The number of anilines is 1. The minimum absolute atomic E-state index is 0.185. The summed E-state index contributed by atoms with van der Waals surface area (Å²) in [6, 6.07) is 13.0. The smallest absolute Gasteiger partial charge is 0.255 e. The maximum Gasteiger partial charge on any atom is 0.255 e. The van der Waals surface area contributed by atoms with Gasteiger partial charge in [0, 0.05) is 30.8 Å². The molecule has 0 unspecified atom stereocenters. The van der Waals surface area contributed by atoms with Crippen molar-refractivity contribution in [3.8, 4) is 11.5 Å². The Labute approximate surface area is 187 Å². The third-order valence-electron chi connectivity index (χ3n) is 5.08. The summed E-state index contributed by atoms with van der Waals surface area (Å²) in [6.07, 6.45) is 0.833. The van der Waals surface area contributed by atoms with Crippen LogP contribution >= 0.6 is 0 Å². The number of carbonyl (C=O) groups is 2. The van der Waals surface area contributed by atoms with E-state index in [1.54, 1.807) is 36.4 Å². The van der Waals surface area contributed by atoms with Crippen LogP contribution in [0.25, 0.3) is 0 Å². The number of amides is 2. The summed E-state index contributed by atoms with van der Waals surface area (Å²) in [5.41, 5.74) is 5.60. The van der Waals surface area contributed by atoms with E-state index >= 15 is 0 Å². The number of sulfonamides is 1. The summed E-state index contributed by atoms with van der Waals surface area (Å²) >= 11 is 0. The first-order chi connectivity index (χ1) is 15.3. The number of piperidine rings is 1. The Morgan fingerprint density at radius 1 is 1.06 bits per heavy atom. The van der Waals surface area contributed by atoms with E-state index in [1.807, 2.05) is 6.92 Å². The molecule has 1 fully saturated rings. The molecular formula is C22H27N3O6S. The highest BCUT2D eigenvalue weighted by Gasteiger charge is 2.32. The van der Waals surface area contributed by atoms with Crippen molar-refractivity contribution >= 4 is 27.5 Å². The van der Waals surface area contributed by atoms with Gasteiger partial charge in [-0.3, -0.25) is 9.59 Å². The number of carbonyl (C=O) groups excluding carboxylic acids is 2. The topological polar surface area (TPSA) is 128 Å². The third kappa shape index (κ3) is 5.98. The summed E-state index contributed by atoms with van der Waals surface area (Å²) in [5.74, 6) is -0.0534.